The Morgan fingerprint density at radius 3 is 2.05 bits per heavy atom. The maximum atomic E-state index is 12.1. The first kappa shape index (κ1) is 16.0. The molecule has 0 aromatic heterocycles. The number of amides is 2. The van der Waals surface area contributed by atoms with Crippen molar-refractivity contribution in [2.75, 3.05) is 39.8 Å². The van der Waals surface area contributed by atoms with Crippen LogP contribution in [0.2, 0.25) is 0 Å². The van der Waals surface area contributed by atoms with Gasteiger partial charge in [0.2, 0.25) is 11.8 Å². The van der Waals surface area contributed by atoms with Gasteiger partial charge in [-0.3, -0.25) is 9.59 Å². The molecular weight excluding hydrogens is 242 g/mol. The second-order valence-electron chi connectivity index (χ2n) is 6.13. The summed E-state index contributed by atoms with van der Waals surface area (Å²) in [5, 5.41) is 3.04. The molecule has 5 nitrogen and oxygen atoms in total. The Bertz CT molecular complexity index is 315. The number of carbonyl (C=O) groups excluding carboxylic acids is 2. The van der Waals surface area contributed by atoms with E-state index in [9.17, 15) is 9.59 Å². The SMILES string of the molecule is CNCCCC(=O)N1CCN(C(=O)C(C)(C)C)CC1. The number of nitrogens with one attached hydrogen (secondary N) is 1. The van der Waals surface area contributed by atoms with Gasteiger partial charge < -0.3 is 15.1 Å². The van der Waals surface area contributed by atoms with E-state index in [0.29, 0.717) is 32.6 Å². The topological polar surface area (TPSA) is 52.7 Å². The molecule has 0 aliphatic carbocycles. The van der Waals surface area contributed by atoms with E-state index in [0.717, 1.165) is 13.0 Å². The van der Waals surface area contributed by atoms with E-state index in [-0.39, 0.29) is 17.2 Å². The van der Waals surface area contributed by atoms with Gasteiger partial charge in [-0.05, 0) is 20.0 Å². The van der Waals surface area contributed by atoms with Crippen LogP contribution in [0.1, 0.15) is 33.6 Å². The summed E-state index contributed by atoms with van der Waals surface area (Å²) in [4.78, 5) is 27.8. The Morgan fingerprint density at radius 2 is 1.58 bits per heavy atom. The number of piperazine rings is 1. The van der Waals surface area contributed by atoms with Crippen LogP contribution in [0.25, 0.3) is 0 Å². The van der Waals surface area contributed by atoms with E-state index in [1.165, 1.54) is 0 Å². The summed E-state index contributed by atoms with van der Waals surface area (Å²) in [6.45, 7) is 9.33. The number of hydrogen-bond donors (Lipinski definition) is 1. The molecule has 5 heteroatoms. The van der Waals surface area contributed by atoms with E-state index < -0.39 is 0 Å². The molecule has 0 bridgehead atoms. The summed E-state index contributed by atoms with van der Waals surface area (Å²) in [6.07, 6.45) is 1.46. The second kappa shape index (κ2) is 6.89. The van der Waals surface area contributed by atoms with Crippen LogP contribution in [0, 0.1) is 5.41 Å². The third-order valence-electron chi connectivity index (χ3n) is 3.38. The molecule has 1 N–H and O–H groups in total. The molecule has 0 aromatic rings. The maximum absolute atomic E-state index is 12.1. The van der Waals surface area contributed by atoms with Gasteiger partial charge in [-0.1, -0.05) is 20.8 Å². The van der Waals surface area contributed by atoms with E-state index in [1.807, 2.05) is 37.6 Å². The Kier molecular flexibility index (Phi) is 5.79. The molecule has 110 valence electrons. The van der Waals surface area contributed by atoms with E-state index in [4.69, 9.17) is 0 Å². The monoisotopic (exact) mass is 269 g/mol. The van der Waals surface area contributed by atoms with E-state index in [2.05, 4.69) is 5.32 Å². The van der Waals surface area contributed by atoms with E-state index in [1.54, 1.807) is 0 Å². The average Bonchev–Trinajstić information content (AvgIpc) is 2.37. The lowest BCUT2D eigenvalue weighted by Gasteiger charge is -2.37. The highest BCUT2D eigenvalue weighted by molar-refractivity contribution is 5.82. The van der Waals surface area contributed by atoms with Crippen molar-refractivity contribution in [2.45, 2.75) is 33.6 Å². The second-order valence-corrected chi connectivity index (χ2v) is 6.13. The zero-order valence-electron chi connectivity index (χ0n) is 12.7. The molecule has 1 aliphatic rings. The third kappa shape index (κ3) is 4.82. The number of nitrogens with zero attached hydrogens (tertiary/aromatic N) is 2. The third-order valence-corrected chi connectivity index (χ3v) is 3.38. The van der Waals surface area contributed by atoms with Crippen LogP contribution in [-0.2, 0) is 9.59 Å². The van der Waals surface area contributed by atoms with Crippen LogP contribution in [-0.4, -0.2) is 61.4 Å². The average molecular weight is 269 g/mol. The van der Waals surface area contributed by atoms with Crippen molar-refractivity contribution in [1.82, 2.24) is 15.1 Å². The van der Waals surface area contributed by atoms with Crippen LogP contribution in [0.4, 0.5) is 0 Å². The first-order chi connectivity index (χ1) is 8.86. The summed E-state index contributed by atoms with van der Waals surface area (Å²) in [5.41, 5.74) is -0.334. The summed E-state index contributed by atoms with van der Waals surface area (Å²) in [6, 6.07) is 0. The molecule has 0 atom stereocenters. The van der Waals surface area contributed by atoms with Gasteiger partial charge in [0, 0.05) is 38.0 Å². The van der Waals surface area contributed by atoms with Gasteiger partial charge in [0.05, 0.1) is 0 Å². The minimum Gasteiger partial charge on any atom is -0.339 e. The Hall–Kier alpha value is -1.10. The Balaban J connectivity index is 2.36. The molecule has 0 spiro atoms. The number of carbonyl (C=O) groups is 2. The van der Waals surface area contributed by atoms with Crippen LogP contribution in [0.15, 0.2) is 0 Å². The lowest BCUT2D eigenvalue weighted by molar-refractivity contribution is -0.144. The zero-order chi connectivity index (χ0) is 14.5. The van der Waals surface area contributed by atoms with Gasteiger partial charge in [-0.15, -0.1) is 0 Å². The van der Waals surface area contributed by atoms with Crippen molar-refractivity contribution in [2.24, 2.45) is 5.41 Å². The molecule has 1 saturated heterocycles. The van der Waals surface area contributed by atoms with Crippen molar-refractivity contribution < 1.29 is 9.59 Å². The fourth-order valence-electron chi connectivity index (χ4n) is 2.21. The van der Waals surface area contributed by atoms with Crippen molar-refractivity contribution in [3.8, 4) is 0 Å². The van der Waals surface area contributed by atoms with Gasteiger partial charge in [-0.2, -0.15) is 0 Å². The lowest BCUT2D eigenvalue weighted by atomic mass is 9.94. The standard InChI is InChI=1S/C14H27N3O2/c1-14(2,3)13(19)17-10-8-16(9-11-17)12(18)6-5-7-15-4/h15H,5-11H2,1-4H3. The number of rotatable bonds is 4. The fourth-order valence-corrected chi connectivity index (χ4v) is 2.21. The van der Waals surface area contributed by atoms with Crippen molar-refractivity contribution in [1.29, 1.82) is 0 Å². The minimum atomic E-state index is -0.334. The summed E-state index contributed by atoms with van der Waals surface area (Å²) in [5.74, 6) is 0.382. The van der Waals surface area contributed by atoms with Gasteiger partial charge in [0.15, 0.2) is 0 Å². The molecule has 1 aliphatic heterocycles. The molecular formula is C14H27N3O2. The largest absolute Gasteiger partial charge is 0.339 e. The molecule has 0 radical (unpaired) electrons. The van der Waals surface area contributed by atoms with Crippen LogP contribution in [0.5, 0.6) is 0 Å². The summed E-state index contributed by atoms with van der Waals surface area (Å²) >= 11 is 0. The molecule has 0 aromatic carbocycles. The van der Waals surface area contributed by atoms with Gasteiger partial charge in [-0.25, -0.2) is 0 Å². The van der Waals surface area contributed by atoms with Crippen molar-refractivity contribution in [3.63, 3.8) is 0 Å². The van der Waals surface area contributed by atoms with Gasteiger partial charge in [0.25, 0.3) is 0 Å². The molecule has 19 heavy (non-hydrogen) atoms. The molecule has 2 amide bonds. The van der Waals surface area contributed by atoms with Gasteiger partial charge >= 0.3 is 0 Å². The van der Waals surface area contributed by atoms with Gasteiger partial charge in [0.1, 0.15) is 0 Å². The fraction of sp³-hybridized carbons (Fsp3) is 0.857. The highest BCUT2D eigenvalue weighted by Crippen LogP contribution is 2.18. The lowest BCUT2D eigenvalue weighted by Crippen LogP contribution is -2.53. The quantitative estimate of drug-likeness (QED) is 0.765. The van der Waals surface area contributed by atoms with E-state index >= 15 is 0 Å². The summed E-state index contributed by atoms with van der Waals surface area (Å²) in [7, 11) is 1.89. The minimum absolute atomic E-state index is 0.176. The first-order valence-electron chi connectivity index (χ1n) is 7.08. The maximum Gasteiger partial charge on any atom is 0.228 e. The van der Waals surface area contributed by atoms with Crippen LogP contribution >= 0.6 is 0 Å². The predicted molar refractivity (Wildman–Crippen MR) is 75.8 cm³/mol. The van der Waals surface area contributed by atoms with Crippen molar-refractivity contribution in [3.05, 3.63) is 0 Å². The predicted octanol–water partition coefficient (Wildman–Crippen LogP) is 0.703. The smallest absolute Gasteiger partial charge is 0.228 e. The van der Waals surface area contributed by atoms with Crippen molar-refractivity contribution >= 4 is 11.8 Å². The normalized spacial score (nSPS) is 16.6. The first-order valence-corrected chi connectivity index (χ1v) is 7.08. The molecule has 1 heterocycles. The highest BCUT2D eigenvalue weighted by Gasteiger charge is 2.30. The molecule has 0 saturated carbocycles. The van der Waals surface area contributed by atoms with Crippen LogP contribution in [0.3, 0.4) is 0 Å². The molecule has 1 fully saturated rings. The highest BCUT2D eigenvalue weighted by atomic mass is 16.2. The Labute approximate surface area is 116 Å². The Morgan fingerprint density at radius 1 is 1.05 bits per heavy atom. The number of hydrogen-bond acceptors (Lipinski definition) is 3. The molecule has 1 rings (SSSR count). The van der Waals surface area contributed by atoms with Crippen LogP contribution < -0.4 is 5.32 Å². The zero-order valence-corrected chi connectivity index (χ0v) is 12.7. The molecule has 0 unspecified atom stereocenters. The summed E-state index contributed by atoms with van der Waals surface area (Å²) < 4.78 is 0.